The van der Waals surface area contributed by atoms with Crippen LogP contribution in [0.4, 0.5) is 0 Å². The Bertz CT molecular complexity index is 878. The van der Waals surface area contributed by atoms with Gasteiger partial charge in [-0.3, -0.25) is 4.79 Å². The van der Waals surface area contributed by atoms with E-state index in [-0.39, 0.29) is 40.5 Å². The van der Waals surface area contributed by atoms with Crippen molar-refractivity contribution in [3.8, 4) is 23.0 Å². The first-order valence-electron chi connectivity index (χ1n) is 8.18. The molecule has 0 saturated heterocycles. The molecule has 2 aromatic rings. The molecule has 1 aliphatic heterocycles. The number of benzene rings is 2. The highest BCUT2D eigenvalue weighted by atomic mass is 16.5. The molecule has 1 aliphatic rings. The van der Waals surface area contributed by atoms with Crippen molar-refractivity contribution < 1.29 is 30.0 Å². The number of Topliss-reactive ketones (excluding diaryl/α,β-unsaturated/α-hetero) is 1. The molecule has 136 valence electrons. The number of rotatable bonds is 3. The van der Waals surface area contributed by atoms with Crippen molar-refractivity contribution in [1.82, 2.24) is 0 Å². The largest absolute Gasteiger partial charge is 0.508 e. The summed E-state index contributed by atoms with van der Waals surface area (Å²) in [5.41, 5.74) is 1.55. The third-order valence-electron chi connectivity index (χ3n) is 4.34. The molecule has 0 radical (unpaired) electrons. The van der Waals surface area contributed by atoms with Crippen molar-refractivity contribution in [2.75, 3.05) is 0 Å². The zero-order valence-corrected chi connectivity index (χ0v) is 14.4. The van der Waals surface area contributed by atoms with Crippen molar-refractivity contribution in [3.05, 3.63) is 58.7 Å². The van der Waals surface area contributed by atoms with Gasteiger partial charge < -0.3 is 25.2 Å². The number of aliphatic hydroxyl groups is 1. The molecule has 2 atom stereocenters. The molecule has 0 amide bonds. The molecular weight excluding hydrogens is 336 g/mol. The third-order valence-corrected chi connectivity index (χ3v) is 4.34. The van der Waals surface area contributed by atoms with Gasteiger partial charge in [0, 0.05) is 11.6 Å². The molecule has 1 heterocycles. The van der Waals surface area contributed by atoms with Crippen LogP contribution in [-0.2, 0) is 6.42 Å². The van der Waals surface area contributed by atoms with E-state index in [0.717, 1.165) is 5.57 Å². The fraction of sp³-hybridized carbons (Fsp3) is 0.250. The van der Waals surface area contributed by atoms with Gasteiger partial charge in [-0.1, -0.05) is 23.8 Å². The van der Waals surface area contributed by atoms with E-state index in [4.69, 9.17) is 4.74 Å². The van der Waals surface area contributed by atoms with Gasteiger partial charge in [0.25, 0.3) is 0 Å². The van der Waals surface area contributed by atoms with Gasteiger partial charge in [-0.25, -0.2) is 0 Å². The second-order valence-corrected chi connectivity index (χ2v) is 6.52. The van der Waals surface area contributed by atoms with E-state index < -0.39 is 18.0 Å². The summed E-state index contributed by atoms with van der Waals surface area (Å²) >= 11 is 0. The molecular formula is C20H20O6. The van der Waals surface area contributed by atoms with E-state index in [9.17, 15) is 25.2 Å². The average Bonchev–Trinajstić information content (AvgIpc) is 2.58. The maximum absolute atomic E-state index is 12.7. The van der Waals surface area contributed by atoms with Crippen LogP contribution in [-0.4, -0.2) is 32.3 Å². The number of carbonyl (C=O) groups excluding carboxylic acids is 1. The molecule has 0 aliphatic carbocycles. The Hall–Kier alpha value is -2.99. The summed E-state index contributed by atoms with van der Waals surface area (Å²) in [6.07, 6.45) is -0.458. The topological polar surface area (TPSA) is 107 Å². The smallest absolute Gasteiger partial charge is 0.202 e. The number of ketones is 1. The molecule has 0 spiro atoms. The van der Waals surface area contributed by atoms with Gasteiger partial charge >= 0.3 is 0 Å². The Kier molecular flexibility index (Phi) is 4.61. The van der Waals surface area contributed by atoms with Crippen molar-refractivity contribution in [2.45, 2.75) is 32.5 Å². The molecule has 26 heavy (non-hydrogen) atoms. The zero-order chi connectivity index (χ0) is 19.0. The Morgan fingerprint density at radius 3 is 2.42 bits per heavy atom. The van der Waals surface area contributed by atoms with E-state index in [2.05, 4.69) is 0 Å². The highest BCUT2D eigenvalue weighted by molar-refractivity contribution is 6.06. The molecule has 0 bridgehead atoms. The Morgan fingerprint density at radius 2 is 1.81 bits per heavy atom. The number of allylic oxidation sites excluding steroid dienone is 2. The summed E-state index contributed by atoms with van der Waals surface area (Å²) in [4.78, 5) is 12.7. The molecule has 2 aromatic carbocycles. The average molecular weight is 356 g/mol. The van der Waals surface area contributed by atoms with Crippen molar-refractivity contribution in [1.29, 1.82) is 0 Å². The van der Waals surface area contributed by atoms with Gasteiger partial charge in [-0.15, -0.1) is 0 Å². The SMILES string of the molecule is CC(C)=CCc1c(O)cc2c(c1O)C(=O)[C@@H](O)[C@@H](c1ccc(O)cc1)O2. The maximum atomic E-state index is 12.7. The number of phenolic OH excluding ortho intramolecular Hbond substituents is 3. The first kappa shape index (κ1) is 17.8. The van der Waals surface area contributed by atoms with Crippen LogP contribution in [0.25, 0.3) is 0 Å². The lowest BCUT2D eigenvalue weighted by molar-refractivity contribution is 0.0210. The van der Waals surface area contributed by atoms with E-state index in [0.29, 0.717) is 5.56 Å². The van der Waals surface area contributed by atoms with Crippen molar-refractivity contribution in [3.63, 3.8) is 0 Å². The second-order valence-electron chi connectivity index (χ2n) is 6.52. The van der Waals surface area contributed by atoms with E-state index in [1.165, 1.54) is 30.3 Å². The first-order valence-corrected chi connectivity index (χ1v) is 8.18. The third kappa shape index (κ3) is 3.11. The minimum Gasteiger partial charge on any atom is -0.508 e. The molecule has 4 N–H and O–H groups in total. The fourth-order valence-corrected chi connectivity index (χ4v) is 2.91. The summed E-state index contributed by atoms with van der Waals surface area (Å²) in [5.74, 6) is -1.20. The van der Waals surface area contributed by atoms with Crippen LogP contribution in [0, 0.1) is 0 Å². The lowest BCUT2D eigenvalue weighted by Gasteiger charge is -2.30. The Balaban J connectivity index is 2.05. The quantitative estimate of drug-likeness (QED) is 0.630. The number of ether oxygens (including phenoxy) is 1. The van der Waals surface area contributed by atoms with Crippen LogP contribution in [0.1, 0.15) is 41.4 Å². The maximum Gasteiger partial charge on any atom is 0.202 e. The number of aliphatic hydroxyl groups excluding tert-OH is 1. The van der Waals surface area contributed by atoms with Gasteiger partial charge in [0.15, 0.2) is 12.2 Å². The number of fused-ring (bicyclic) bond motifs is 1. The van der Waals surface area contributed by atoms with Crippen LogP contribution >= 0.6 is 0 Å². The summed E-state index contributed by atoms with van der Waals surface area (Å²) in [5, 5.41) is 40.5. The molecule has 0 saturated carbocycles. The predicted octanol–water partition coefficient (Wildman–Crippen LogP) is 2.99. The monoisotopic (exact) mass is 356 g/mol. The predicted molar refractivity (Wildman–Crippen MR) is 94.7 cm³/mol. The number of hydrogen-bond donors (Lipinski definition) is 4. The van der Waals surface area contributed by atoms with E-state index in [1.807, 2.05) is 19.9 Å². The molecule has 0 fully saturated rings. The summed E-state index contributed by atoms with van der Waals surface area (Å²) in [7, 11) is 0. The van der Waals surface area contributed by atoms with Crippen LogP contribution in [0.3, 0.4) is 0 Å². The summed E-state index contributed by atoms with van der Waals surface area (Å²) in [6.45, 7) is 3.76. The highest BCUT2D eigenvalue weighted by Crippen LogP contribution is 2.45. The lowest BCUT2D eigenvalue weighted by atomic mass is 9.90. The molecule has 0 unspecified atom stereocenters. The Morgan fingerprint density at radius 1 is 1.15 bits per heavy atom. The molecule has 6 nitrogen and oxygen atoms in total. The summed E-state index contributed by atoms with van der Waals surface area (Å²) in [6, 6.07) is 7.18. The van der Waals surface area contributed by atoms with E-state index in [1.54, 1.807) is 0 Å². The van der Waals surface area contributed by atoms with Crippen LogP contribution < -0.4 is 4.74 Å². The van der Waals surface area contributed by atoms with Crippen molar-refractivity contribution in [2.24, 2.45) is 0 Å². The number of phenols is 3. The highest BCUT2D eigenvalue weighted by Gasteiger charge is 2.40. The molecule has 3 rings (SSSR count). The number of aromatic hydroxyl groups is 3. The fourth-order valence-electron chi connectivity index (χ4n) is 2.91. The van der Waals surface area contributed by atoms with Gasteiger partial charge in [0.05, 0.1) is 0 Å². The van der Waals surface area contributed by atoms with Gasteiger partial charge in [-0.2, -0.15) is 0 Å². The lowest BCUT2D eigenvalue weighted by Crippen LogP contribution is -2.36. The summed E-state index contributed by atoms with van der Waals surface area (Å²) < 4.78 is 5.69. The standard InChI is InChI=1S/C20H20O6/c1-10(2)3-8-13-14(22)9-15-16(17(13)23)18(24)19(25)20(26-15)11-4-6-12(21)7-5-11/h3-7,9,19-23,25H,8H2,1-2H3/t19-,20-/m1/s1. The minimum atomic E-state index is -1.52. The zero-order valence-electron chi connectivity index (χ0n) is 14.4. The van der Waals surface area contributed by atoms with Crippen LogP contribution in [0.5, 0.6) is 23.0 Å². The van der Waals surface area contributed by atoms with Crippen molar-refractivity contribution >= 4 is 5.78 Å². The van der Waals surface area contributed by atoms with Gasteiger partial charge in [0.1, 0.15) is 28.6 Å². The number of carbonyl (C=O) groups is 1. The normalized spacial score (nSPS) is 18.8. The molecule has 6 heteroatoms. The van der Waals surface area contributed by atoms with E-state index >= 15 is 0 Å². The minimum absolute atomic E-state index is 0.00863. The van der Waals surface area contributed by atoms with Gasteiger partial charge in [0.2, 0.25) is 5.78 Å². The van der Waals surface area contributed by atoms with Crippen LogP contribution in [0.15, 0.2) is 42.0 Å². The van der Waals surface area contributed by atoms with Gasteiger partial charge in [-0.05, 0) is 38.0 Å². The second kappa shape index (κ2) is 6.72. The molecule has 0 aromatic heterocycles. The first-order chi connectivity index (χ1) is 12.3. The Labute approximate surface area is 150 Å². The number of hydrogen-bond acceptors (Lipinski definition) is 6. The van der Waals surface area contributed by atoms with Crippen LogP contribution in [0.2, 0.25) is 0 Å².